The monoisotopic (exact) mass is 448 g/mol. The zero-order valence-electron chi connectivity index (χ0n) is 14.4. The maximum absolute atomic E-state index is 12.5. The van der Waals surface area contributed by atoms with Crippen LogP contribution in [0.1, 0.15) is 16.1 Å². The number of hydrogen-bond acceptors (Lipinski definition) is 4. The molecule has 1 amide bonds. The van der Waals surface area contributed by atoms with Crippen LogP contribution in [0.5, 0.6) is 0 Å². The van der Waals surface area contributed by atoms with E-state index in [4.69, 9.17) is 9.56 Å². The molecule has 8 heteroatoms. The van der Waals surface area contributed by atoms with E-state index in [2.05, 4.69) is 15.9 Å². The molecule has 0 atom stereocenters. The maximum atomic E-state index is 12.5. The Labute approximate surface area is 165 Å². The van der Waals surface area contributed by atoms with Crippen LogP contribution in [0, 0.1) is 0 Å². The number of furan rings is 1. The van der Waals surface area contributed by atoms with Crippen molar-refractivity contribution in [3.8, 4) is 11.3 Å². The average Bonchev–Trinajstić information content (AvgIpc) is 3.09. The van der Waals surface area contributed by atoms with Crippen molar-refractivity contribution < 1.29 is 17.6 Å². The van der Waals surface area contributed by atoms with Crippen LogP contribution in [-0.2, 0) is 16.6 Å². The number of halogens is 1. The molecule has 0 saturated heterocycles. The van der Waals surface area contributed by atoms with Crippen LogP contribution in [0.4, 0.5) is 0 Å². The Hall–Kier alpha value is -2.42. The Bertz CT molecular complexity index is 1060. The number of carbonyl (C=O) groups is 1. The number of nitrogens with two attached hydrogens (primary N) is 1. The number of nitrogens with zero attached hydrogens (tertiary/aromatic N) is 1. The van der Waals surface area contributed by atoms with E-state index in [0.29, 0.717) is 11.3 Å². The lowest BCUT2D eigenvalue weighted by Crippen LogP contribution is -2.26. The first-order valence-corrected chi connectivity index (χ1v) is 10.3. The Balaban J connectivity index is 1.70. The molecular weight excluding hydrogens is 432 g/mol. The van der Waals surface area contributed by atoms with E-state index in [1.807, 2.05) is 36.4 Å². The molecule has 1 heterocycles. The number of amides is 1. The van der Waals surface area contributed by atoms with Gasteiger partial charge in [0.05, 0.1) is 11.4 Å². The number of rotatable bonds is 5. The second kappa shape index (κ2) is 7.67. The van der Waals surface area contributed by atoms with Gasteiger partial charge in [0.15, 0.2) is 0 Å². The largest absolute Gasteiger partial charge is 0.459 e. The second-order valence-electron chi connectivity index (χ2n) is 6.00. The van der Waals surface area contributed by atoms with Crippen molar-refractivity contribution in [1.82, 2.24) is 4.90 Å². The van der Waals surface area contributed by atoms with Gasteiger partial charge < -0.3 is 9.32 Å². The fraction of sp³-hybridized carbons (Fsp3) is 0.105. The average molecular weight is 449 g/mol. The molecule has 2 aromatic carbocycles. The molecule has 0 fully saturated rings. The summed E-state index contributed by atoms with van der Waals surface area (Å²) in [5, 5.41) is 5.07. The molecule has 0 bridgehead atoms. The fourth-order valence-electron chi connectivity index (χ4n) is 2.55. The zero-order valence-corrected chi connectivity index (χ0v) is 16.8. The first-order valence-electron chi connectivity index (χ1n) is 7.97. The Morgan fingerprint density at radius 2 is 1.67 bits per heavy atom. The number of carbonyl (C=O) groups excluding carboxylic acids is 1. The molecule has 27 heavy (non-hydrogen) atoms. The molecule has 0 unspecified atom stereocenters. The van der Waals surface area contributed by atoms with E-state index >= 15 is 0 Å². The van der Waals surface area contributed by atoms with Gasteiger partial charge in [-0.05, 0) is 48.5 Å². The SMILES string of the molecule is CN(Cc1ccc(-c2ccc(Br)cc2)o1)C(=O)c1ccc(S(N)(=O)=O)cc1. The molecule has 0 aliphatic heterocycles. The molecule has 0 aliphatic carbocycles. The lowest BCUT2D eigenvalue weighted by Gasteiger charge is -2.16. The molecule has 0 aliphatic rings. The molecule has 0 saturated carbocycles. The molecule has 3 aromatic rings. The van der Waals surface area contributed by atoms with Crippen molar-refractivity contribution in [2.24, 2.45) is 5.14 Å². The van der Waals surface area contributed by atoms with Crippen LogP contribution >= 0.6 is 15.9 Å². The number of sulfonamides is 1. The molecule has 1 aromatic heterocycles. The summed E-state index contributed by atoms with van der Waals surface area (Å²) in [4.78, 5) is 14.0. The van der Waals surface area contributed by atoms with Gasteiger partial charge in [0.1, 0.15) is 11.5 Å². The summed E-state index contributed by atoms with van der Waals surface area (Å²) >= 11 is 3.39. The third-order valence-electron chi connectivity index (χ3n) is 3.96. The van der Waals surface area contributed by atoms with Crippen LogP contribution in [0.15, 0.2) is 74.4 Å². The van der Waals surface area contributed by atoms with Crippen molar-refractivity contribution in [1.29, 1.82) is 0 Å². The molecule has 6 nitrogen and oxygen atoms in total. The van der Waals surface area contributed by atoms with Gasteiger partial charge in [-0.15, -0.1) is 0 Å². The summed E-state index contributed by atoms with van der Waals surface area (Å²) in [5.41, 5.74) is 1.31. The van der Waals surface area contributed by atoms with Gasteiger partial charge in [-0.3, -0.25) is 4.79 Å². The van der Waals surface area contributed by atoms with Gasteiger partial charge in [0.2, 0.25) is 10.0 Å². The highest BCUT2D eigenvalue weighted by Crippen LogP contribution is 2.24. The van der Waals surface area contributed by atoms with Crippen molar-refractivity contribution in [2.45, 2.75) is 11.4 Å². The quantitative estimate of drug-likeness (QED) is 0.644. The first kappa shape index (κ1) is 19.3. The number of primary sulfonamides is 1. The Kier molecular flexibility index (Phi) is 5.50. The van der Waals surface area contributed by atoms with Crippen LogP contribution in [0.3, 0.4) is 0 Å². The molecule has 0 spiro atoms. The van der Waals surface area contributed by atoms with Gasteiger partial charge in [-0.25, -0.2) is 13.6 Å². The predicted octanol–water partition coefficient (Wildman–Crippen LogP) is 3.63. The van der Waals surface area contributed by atoms with Gasteiger partial charge in [0, 0.05) is 22.6 Å². The Morgan fingerprint density at radius 1 is 1.04 bits per heavy atom. The minimum Gasteiger partial charge on any atom is -0.459 e. The van der Waals surface area contributed by atoms with Crippen molar-refractivity contribution >= 4 is 31.9 Å². The van der Waals surface area contributed by atoms with Crippen molar-refractivity contribution in [3.63, 3.8) is 0 Å². The molecule has 2 N–H and O–H groups in total. The summed E-state index contributed by atoms with van der Waals surface area (Å²) < 4.78 is 29.4. The highest BCUT2D eigenvalue weighted by Gasteiger charge is 2.16. The maximum Gasteiger partial charge on any atom is 0.254 e. The van der Waals surface area contributed by atoms with E-state index in [-0.39, 0.29) is 17.3 Å². The fourth-order valence-corrected chi connectivity index (χ4v) is 3.33. The highest BCUT2D eigenvalue weighted by atomic mass is 79.9. The smallest absolute Gasteiger partial charge is 0.254 e. The lowest BCUT2D eigenvalue weighted by molar-refractivity contribution is 0.0775. The van der Waals surface area contributed by atoms with Crippen molar-refractivity contribution in [3.05, 3.63) is 76.5 Å². The number of benzene rings is 2. The third kappa shape index (κ3) is 4.65. The standard InChI is InChI=1S/C19H17BrN2O4S/c1-22(19(23)14-4-9-17(10-5-14)27(21,24)25)12-16-8-11-18(26-16)13-2-6-15(20)7-3-13/h2-11H,12H2,1H3,(H2,21,24,25). The van der Waals surface area contributed by atoms with Crippen LogP contribution in [0.2, 0.25) is 0 Å². The summed E-state index contributed by atoms with van der Waals surface area (Å²) in [6.45, 7) is 0.284. The van der Waals surface area contributed by atoms with E-state index in [1.54, 1.807) is 7.05 Å². The first-order chi connectivity index (χ1) is 12.7. The predicted molar refractivity (Wildman–Crippen MR) is 105 cm³/mol. The minimum absolute atomic E-state index is 0.0353. The highest BCUT2D eigenvalue weighted by molar-refractivity contribution is 9.10. The second-order valence-corrected chi connectivity index (χ2v) is 8.48. The minimum atomic E-state index is -3.78. The van der Waals surface area contributed by atoms with Crippen molar-refractivity contribution in [2.75, 3.05) is 7.05 Å². The van der Waals surface area contributed by atoms with Gasteiger partial charge in [-0.1, -0.05) is 28.1 Å². The summed E-state index contributed by atoms with van der Waals surface area (Å²) in [5.74, 6) is 1.11. The molecular formula is C19H17BrN2O4S. The van der Waals surface area contributed by atoms with Gasteiger partial charge >= 0.3 is 0 Å². The van der Waals surface area contributed by atoms with E-state index in [1.165, 1.54) is 29.2 Å². The van der Waals surface area contributed by atoms with E-state index < -0.39 is 10.0 Å². The van der Waals surface area contributed by atoms with E-state index in [9.17, 15) is 13.2 Å². The lowest BCUT2D eigenvalue weighted by atomic mass is 10.2. The van der Waals surface area contributed by atoms with Crippen LogP contribution in [0.25, 0.3) is 11.3 Å². The van der Waals surface area contributed by atoms with Crippen LogP contribution < -0.4 is 5.14 Å². The third-order valence-corrected chi connectivity index (χ3v) is 5.42. The van der Waals surface area contributed by atoms with Gasteiger partial charge in [0.25, 0.3) is 5.91 Å². The van der Waals surface area contributed by atoms with E-state index in [0.717, 1.165) is 15.8 Å². The number of hydrogen-bond donors (Lipinski definition) is 1. The topological polar surface area (TPSA) is 93.6 Å². The normalized spacial score (nSPS) is 11.4. The summed E-state index contributed by atoms with van der Waals surface area (Å²) in [7, 11) is -2.13. The molecule has 3 rings (SSSR count). The Morgan fingerprint density at radius 3 is 2.26 bits per heavy atom. The summed E-state index contributed by atoms with van der Waals surface area (Å²) in [6, 6.07) is 16.9. The van der Waals surface area contributed by atoms with Crippen LogP contribution in [-0.4, -0.2) is 26.3 Å². The molecule has 140 valence electrons. The zero-order chi connectivity index (χ0) is 19.6. The van der Waals surface area contributed by atoms with Gasteiger partial charge in [-0.2, -0.15) is 0 Å². The summed E-state index contributed by atoms with van der Waals surface area (Å²) in [6.07, 6.45) is 0. The molecule has 0 radical (unpaired) electrons.